The summed E-state index contributed by atoms with van der Waals surface area (Å²) in [4.78, 5) is 26.2. The van der Waals surface area contributed by atoms with Crippen LogP contribution < -0.4 is 5.32 Å². The molecule has 1 N–H and O–H groups in total. The zero-order valence-electron chi connectivity index (χ0n) is 18.6. The second-order valence-electron chi connectivity index (χ2n) is 7.49. The monoisotopic (exact) mass is 453 g/mol. The van der Waals surface area contributed by atoms with Gasteiger partial charge in [0.2, 0.25) is 5.12 Å². The normalized spacial score (nSPS) is 16.1. The maximum absolute atomic E-state index is 14.6. The lowest BCUT2D eigenvalue weighted by Crippen LogP contribution is -2.32. The predicted octanol–water partition coefficient (Wildman–Crippen LogP) is 5.51. The number of rotatable bonds is 8. The number of aryl methyl sites for hydroxylation is 1. The van der Waals surface area contributed by atoms with E-state index in [1.165, 1.54) is 23.4 Å². The Morgan fingerprint density at radius 2 is 1.72 bits per heavy atom. The van der Waals surface area contributed by atoms with E-state index in [2.05, 4.69) is 5.32 Å². The van der Waals surface area contributed by atoms with E-state index in [1.54, 1.807) is 32.0 Å². The van der Waals surface area contributed by atoms with Crippen LogP contribution in [0, 0.1) is 11.7 Å². The van der Waals surface area contributed by atoms with Crippen LogP contribution in [0.3, 0.4) is 0 Å². The number of hydrogen-bond acceptors (Lipinski definition) is 5. The van der Waals surface area contributed by atoms with Crippen LogP contribution in [0.1, 0.15) is 38.3 Å². The van der Waals surface area contributed by atoms with E-state index in [0.717, 1.165) is 6.42 Å². The molecule has 0 amide bonds. The van der Waals surface area contributed by atoms with Crippen molar-refractivity contribution in [2.24, 2.45) is 5.92 Å². The zero-order chi connectivity index (χ0) is 23.1. The van der Waals surface area contributed by atoms with Crippen molar-refractivity contribution in [3.05, 3.63) is 88.4 Å². The molecule has 1 unspecified atom stereocenters. The quantitative estimate of drug-likeness (QED) is 0.535. The molecule has 3 rings (SSSR count). The highest BCUT2D eigenvalue weighted by molar-refractivity contribution is 8.14. The number of nitrogens with one attached hydrogen (secondary N) is 1. The van der Waals surface area contributed by atoms with Crippen molar-refractivity contribution in [3.63, 3.8) is 0 Å². The summed E-state index contributed by atoms with van der Waals surface area (Å²) in [6.45, 7) is 5.64. The van der Waals surface area contributed by atoms with E-state index in [9.17, 15) is 14.0 Å². The SMILES string of the molecule is CCOC(=O)C1=C(c2ccccc2F)NC(C)=C(C(=O)SCCc2ccccc2)C1CC. The lowest BCUT2D eigenvalue weighted by molar-refractivity contribution is -0.139. The van der Waals surface area contributed by atoms with Gasteiger partial charge in [-0.3, -0.25) is 4.79 Å². The van der Waals surface area contributed by atoms with Crippen molar-refractivity contribution in [3.8, 4) is 0 Å². The molecule has 2 aromatic carbocycles. The Morgan fingerprint density at radius 1 is 1.03 bits per heavy atom. The maximum Gasteiger partial charge on any atom is 0.336 e. The fourth-order valence-corrected chi connectivity index (χ4v) is 4.89. The van der Waals surface area contributed by atoms with Crippen LogP contribution in [0.4, 0.5) is 4.39 Å². The molecule has 0 fully saturated rings. The number of hydrogen-bond donors (Lipinski definition) is 1. The summed E-state index contributed by atoms with van der Waals surface area (Å²) in [7, 11) is 0. The van der Waals surface area contributed by atoms with Gasteiger partial charge in [-0.1, -0.05) is 61.2 Å². The van der Waals surface area contributed by atoms with Crippen molar-refractivity contribution in [2.75, 3.05) is 12.4 Å². The number of esters is 1. The summed E-state index contributed by atoms with van der Waals surface area (Å²) in [5.41, 5.74) is 3.32. The summed E-state index contributed by atoms with van der Waals surface area (Å²) >= 11 is 1.24. The number of carbonyl (C=O) groups excluding carboxylic acids is 2. The molecule has 6 heteroatoms. The number of thioether (sulfide) groups is 1. The Hall–Kier alpha value is -2.86. The highest BCUT2D eigenvalue weighted by Gasteiger charge is 2.37. The lowest BCUT2D eigenvalue weighted by Gasteiger charge is -2.31. The lowest BCUT2D eigenvalue weighted by atomic mass is 9.82. The highest BCUT2D eigenvalue weighted by Crippen LogP contribution is 2.39. The standard InChI is InChI=1S/C26H28FNO3S/c1-4-19-22(26(30)32-16-15-18-11-7-6-8-12-18)17(3)28-24(23(19)25(29)31-5-2)20-13-9-10-14-21(20)27/h6-14,19,28H,4-5,15-16H2,1-3H3. The summed E-state index contributed by atoms with van der Waals surface area (Å²) < 4.78 is 19.9. The fourth-order valence-electron chi connectivity index (χ4n) is 3.92. The van der Waals surface area contributed by atoms with E-state index in [1.807, 2.05) is 37.3 Å². The molecule has 0 radical (unpaired) electrons. The van der Waals surface area contributed by atoms with Crippen molar-refractivity contribution in [1.29, 1.82) is 0 Å². The van der Waals surface area contributed by atoms with E-state index < -0.39 is 17.7 Å². The van der Waals surface area contributed by atoms with Crippen LogP contribution in [0.2, 0.25) is 0 Å². The van der Waals surface area contributed by atoms with E-state index in [0.29, 0.717) is 34.7 Å². The van der Waals surface area contributed by atoms with Crippen molar-refractivity contribution in [1.82, 2.24) is 5.32 Å². The molecule has 0 saturated heterocycles. The van der Waals surface area contributed by atoms with Crippen LogP contribution in [-0.2, 0) is 20.7 Å². The van der Waals surface area contributed by atoms with Gasteiger partial charge in [-0.25, -0.2) is 9.18 Å². The van der Waals surface area contributed by atoms with Gasteiger partial charge >= 0.3 is 5.97 Å². The molecule has 32 heavy (non-hydrogen) atoms. The number of carbonyl (C=O) groups is 2. The molecule has 0 bridgehead atoms. The average molecular weight is 454 g/mol. The highest BCUT2D eigenvalue weighted by atomic mass is 32.2. The Morgan fingerprint density at radius 3 is 2.38 bits per heavy atom. The van der Waals surface area contributed by atoms with Crippen molar-refractivity contribution >= 4 is 28.5 Å². The molecular formula is C26H28FNO3S. The van der Waals surface area contributed by atoms with Crippen LogP contribution in [0.15, 0.2) is 71.4 Å². The first kappa shape index (κ1) is 23.8. The number of benzene rings is 2. The maximum atomic E-state index is 14.6. The summed E-state index contributed by atoms with van der Waals surface area (Å²) in [5, 5.41) is 3.07. The third-order valence-electron chi connectivity index (χ3n) is 5.42. The average Bonchev–Trinajstić information content (AvgIpc) is 2.79. The molecule has 1 aliphatic rings. The van der Waals surface area contributed by atoms with Crippen LogP contribution in [-0.4, -0.2) is 23.4 Å². The predicted molar refractivity (Wildman–Crippen MR) is 127 cm³/mol. The van der Waals surface area contributed by atoms with Gasteiger partial charge in [0.25, 0.3) is 0 Å². The molecule has 2 aromatic rings. The summed E-state index contributed by atoms with van der Waals surface area (Å²) in [5.74, 6) is -0.806. The third-order valence-corrected chi connectivity index (χ3v) is 6.31. The van der Waals surface area contributed by atoms with E-state index in [-0.39, 0.29) is 17.3 Å². The molecule has 4 nitrogen and oxygen atoms in total. The van der Waals surface area contributed by atoms with Crippen molar-refractivity contribution in [2.45, 2.75) is 33.6 Å². The van der Waals surface area contributed by atoms with Gasteiger partial charge < -0.3 is 10.1 Å². The van der Waals surface area contributed by atoms with Crippen molar-refractivity contribution < 1.29 is 18.7 Å². The fraction of sp³-hybridized carbons (Fsp3) is 0.308. The van der Waals surface area contributed by atoms with Gasteiger partial charge in [-0.2, -0.15) is 0 Å². The van der Waals surface area contributed by atoms with E-state index in [4.69, 9.17) is 4.74 Å². The molecule has 168 valence electrons. The molecule has 0 saturated carbocycles. The van der Waals surface area contributed by atoms with E-state index >= 15 is 0 Å². The Kier molecular flexibility index (Phi) is 8.28. The number of halogens is 1. The van der Waals surface area contributed by atoms with Gasteiger partial charge in [0.15, 0.2) is 0 Å². The molecule has 0 spiro atoms. The number of ether oxygens (including phenoxy) is 1. The Bertz CT molecular complexity index is 1050. The molecule has 1 atom stereocenters. The summed E-state index contributed by atoms with van der Waals surface area (Å²) in [6.07, 6.45) is 1.29. The Balaban J connectivity index is 1.91. The smallest absolute Gasteiger partial charge is 0.336 e. The minimum absolute atomic E-state index is 0.0767. The number of dihydropyridines is 1. The van der Waals surface area contributed by atoms with Crippen LogP contribution in [0.25, 0.3) is 5.70 Å². The van der Waals surface area contributed by atoms with Gasteiger partial charge in [-0.05, 0) is 44.4 Å². The largest absolute Gasteiger partial charge is 0.463 e. The molecule has 1 heterocycles. The second kappa shape index (κ2) is 11.1. The number of allylic oxidation sites excluding steroid dienone is 1. The van der Waals surface area contributed by atoms with Crippen LogP contribution >= 0.6 is 11.8 Å². The first-order valence-electron chi connectivity index (χ1n) is 10.8. The topological polar surface area (TPSA) is 55.4 Å². The van der Waals surface area contributed by atoms with Gasteiger partial charge in [-0.15, -0.1) is 0 Å². The van der Waals surface area contributed by atoms with Gasteiger partial charge in [0.1, 0.15) is 5.82 Å². The second-order valence-corrected chi connectivity index (χ2v) is 8.55. The first-order valence-corrected chi connectivity index (χ1v) is 11.8. The molecule has 0 aliphatic carbocycles. The molecule has 0 aromatic heterocycles. The minimum Gasteiger partial charge on any atom is -0.463 e. The Labute approximate surface area is 192 Å². The third kappa shape index (κ3) is 5.30. The first-order chi connectivity index (χ1) is 15.5. The zero-order valence-corrected chi connectivity index (χ0v) is 19.4. The van der Waals surface area contributed by atoms with Gasteiger partial charge in [0, 0.05) is 28.5 Å². The molecular weight excluding hydrogens is 425 g/mol. The van der Waals surface area contributed by atoms with Crippen LogP contribution in [0.5, 0.6) is 0 Å². The van der Waals surface area contributed by atoms with Gasteiger partial charge in [0.05, 0.1) is 17.9 Å². The minimum atomic E-state index is -0.530. The summed E-state index contributed by atoms with van der Waals surface area (Å²) in [6, 6.07) is 16.3. The molecule has 1 aliphatic heterocycles.